The van der Waals surface area contributed by atoms with Crippen LogP contribution in [-0.4, -0.2) is 13.0 Å². The van der Waals surface area contributed by atoms with Crippen molar-refractivity contribution in [3.63, 3.8) is 0 Å². The van der Waals surface area contributed by atoms with E-state index in [1.54, 1.807) is 12.1 Å². The summed E-state index contributed by atoms with van der Waals surface area (Å²) in [5.74, 6) is 0. The Kier molecular flexibility index (Phi) is 2.49. The van der Waals surface area contributed by atoms with E-state index in [-0.39, 0.29) is 4.90 Å². The van der Waals surface area contributed by atoms with E-state index >= 15 is 0 Å². The van der Waals surface area contributed by atoms with Crippen molar-refractivity contribution >= 4 is 10.1 Å². The summed E-state index contributed by atoms with van der Waals surface area (Å²) in [4.78, 5) is -0.0836. The predicted octanol–water partition coefficient (Wildman–Crippen LogP) is 1.31. The molecule has 0 saturated carbocycles. The van der Waals surface area contributed by atoms with E-state index in [0.717, 1.165) is 5.56 Å². The lowest BCUT2D eigenvalue weighted by Gasteiger charge is -1.97. The molecule has 0 aromatic heterocycles. The fourth-order valence-electron chi connectivity index (χ4n) is 0.828. The highest BCUT2D eigenvalue weighted by molar-refractivity contribution is 7.85. The van der Waals surface area contributed by atoms with E-state index < -0.39 is 10.1 Å². The summed E-state index contributed by atoms with van der Waals surface area (Å²) in [6.07, 6.45) is 0.603. The van der Waals surface area contributed by atoms with Crippen LogP contribution in [0.3, 0.4) is 0 Å². The van der Waals surface area contributed by atoms with Crippen molar-refractivity contribution in [2.75, 3.05) is 0 Å². The Hall–Kier alpha value is -0.870. The maximum absolute atomic E-state index is 10.6. The molecule has 0 atom stereocenters. The minimum atomic E-state index is -4.05. The van der Waals surface area contributed by atoms with Crippen molar-refractivity contribution in [1.82, 2.24) is 0 Å². The average molecular weight is 185 g/mol. The third-order valence-corrected chi connectivity index (χ3v) is 2.38. The van der Waals surface area contributed by atoms with Gasteiger partial charge < -0.3 is 0 Å². The summed E-state index contributed by atoms with van der Waals surface area (Å²) in [5.41, 5.74) is 0.933. The van der Waals surface area contributed by atoms with Gasteiger partial charge in [-0.2, -0.15) is 8.42 Å². The second-order valence-electron chi connectivity index (χ2n) is 2.37. The molecule has 1 N–H and O–H groups in total. The van der Waals surface area contributed by atoms with Gasteiger partial charge >= 0.3 is 0 Å². The minimum absolute atomic E-state index is 0.0836. The van der Waals surface area contributed by atoms with Crippen molar-refractivity contribution in [2.24, 2.45) is 0 Å². The largest absolute Gasteiger partial charge is 0.294 e. The second kappa shape index (κ2) is 3.25. The Morgan fingerprint density at radius 2 is 1.75 bits per heavy atom. The van der Waals surface area contributed by atoms with Gasteiger partial charge in [0.2, 0.25) is 0 Å². The number of hydrogen-bond acceptors (Lipinski definition) is 2. The lowest BCUT2D eigenvalue weighted by atomic mass is 10.2. The SMILES string of the molecule is [CH2]Cc1ccc(S(=O)(=O)O)cc1. The summed E-state index contributed by atoms with van der Waals surface area (Å²) in [5, 5.41) is 0. The Morgan fingerprint density at radius 1 is 1.25 bits per heavy atom. The van der Waals surface area contributed by atoms with E-state index in [4.69, 9.17) is 4.55 Å². The molecule has 0 unspecified atom stereocenters. The van der Waals surface area contributed by atoms with Crippen LogP contribution in [0.25, 0.3) is 0 Å². The summed E-state index contributed by atoms with van der Waals surface area (Å²) in [6.45, 7) is 3.64. The van der Waals surface area contributed by atoms with Gasteiger partial charge in [0.05, 0.1) is 4.90 Å². The van der Waals surface area contributed by atoms with E-state index in [2.05, 4.69) is 6.92 Å². The fraction of sp³-hybridized carbons (Fsp3) is 0.125. The molecule has 4 heteroatoms. The van der Waals surface area contributed by atoms with Crippen molar-refractivity contribution in [2.45, 2.75) is 11.3 Å². The Bertz CT molecular complexity index is 350. The van der Waals surface area contributed by atoms with Gasteiger partial charge in [-0.3, -0.25) is 4.55 Å². The van der Waals surface area contributed by atoms with Gasteiger partial charge in [-0.15, -0.1) is 0 Å². The summed E-state index contributed by atoms with van der Waals surface area (Å²) in [7, 11) is -4.05. The molecule has 0 aliphatic heterocycles. The second-order valence-corrected chi connectivity index (χ2v) is 3.79. The molecule has 0 amide bonds. The molecule has 1 radical (unpaired) electrons. The number of hydrogen-bond donors (Lipinski definition) is 1. The summed E-state index contributed by atoms with van der Waals surface area (Å²) >= 11 is 0. The molecule has 65 valence electrons. The van der Waals surface area contributed by atoms with Gasteiger partial charge in [0.25, 0.3) is 10.1 Å². The van der Waals surface area contributed by atoms with Crippen LogP contribution in [0.15, 0.2) is 29.2 Å². The van der Waals surface area contributed by atoms with Crippen molar-refractivity contribution in [3.8, 4) is 0 Å². The Morgan fingerprint density at radius 3 is 2.08 bits per heavy atom. The molecule has 1 rings (SSSR count). The van der Waals surface area contributed by atoms with E-state index in [0.29, 0.717) is 6.42 Å². The van der Waals surface area contributed by atoms with Crippen LogP contribution in [0.2, 0.25) is 0 Å². The maximum atomic E-state index is 10.6. The first-order valence-corrected chi connectivity index (χ1v) is 4.84. The topological polar surface area (TPSA) is 54.4 Å². The average Bonchev–Trinajstić information content (AvgIpc) is 2.03. The molecule has 0 bridgehead atoms. The maximum Gasteiger partial charge on any atom is 0.294 e. The van der Waals surface area contributed by atoms with Crippen LogP contribution in [0.4, 0.5) is 0 Å². The van der Waals surface area contributed by atoms with Gasteiger partial charge in [0, 0.05) is 0 Å². The molecule has 0 spiro atoms. The third-order valence-electron chi connectivity index (χ3n) is 1.51. The molecule has 0 heterocycles. The van der Waals surface area contributed by atoms with E-state index in [1.165, 1.54) is 12.1 Å². The lowest BCUT2D eigenvalue weighted by molar-refractivity contribution is 0.483. The van der Waals surface area contributed by atoms with Gasteiger partial charge in [-0.05, 0) is 31.0 Å². The van der Waals surface area contributed by atoms with E-state index in [1.807, 2.05) is 0 Å². The Balaban J connectivity index is 3.09. The first-order valence-electron chi connectivity index (χ1n) is 3.39. The van der Waals surface area contributed by atoms with Crippen LogP contribution in [0.1, 0.15) is 5.56 Å². The van der Waals surface area contributed by atoms with Crippen LogP contribution in [-0.2, 0) is 16.5 Å². The molecular formula is C8H9O3S. The van der Waals surface area contributed by atoms with Crippen molar-refractivity contribution in [3.05, 3.63) is 36.8 Å². The standard InChI is InChI=1S/C8H9O3S/c1-2-7-3-5-8(6-4-7)12(9,10)11/h3-6H,1-2H2,(H,9,10,11). The van der Waals surface area contributed by atoms with Crippen LogP contribution in [0.5, 0.6) is 0 Å². The summed E-state index contributed by atoms with van der Waals surface area (Å²) < 4.78 is 29.8. The quantitative estimate of drug-likeness (QED) is 0.707. The highest BCUT2D eigenvalue weighted by Crippen LogP contribution is 2.09. The van der Waals surface area contributed by atoms with Crippen LogP contribution >= 0.6 is 0 Å². The molecule has 0 saturated heterocycles. The number of rotatable bonds is 2. The molecule has 3 nitrogen and oxygen atoms in total. The zero-order valence-corrected chi connectivity index (χ0v) is 7.21. The number of benzene rings is 1. The molecular weight excluding hydrogens is 176 g/mol. The lowest BCUT2D eigenvalue weighted by Crippen LogP contribution is -1.97. The summed E-state index contributed by atoms with van der Waals surface area (Å²) in [6, 6.07) is 5.96. The van der Waals surface area contributed by atoms with Crippen LogP contribution in [0, 0.1) is 6.92 Å². The van der Waals surface area contributed by atoms with Gasteiger partial charge in [-0.25, -0.2) is 0 Å². The Labute approximate surface area is 71.8 Å². The highest BCUT2D eigenvalue weighted by Gasteiger charge is 2.07. The molecule has 1 aromatic carbocycles. The monoisotopic (exact) mass is 185 g/mol. The first-order chi connectivity index (χ1) is 5.54. The fourth-order valence-corrected chi connectivity index (χ4v) is 1.31. The smallest absolute Gasteiger partial charge is 0.282 e. The molecule has 0 aliphatic carbocycles. The molecule has 12 heavy (non-hydrogen) atoms. The zero-order chi connectivity index (χ0) is 9.19. The zero-order valence-electron chi connectivity index (χ0n) is 6.40. The van der Waals surface area contributed by atoms with Crippen LogP contribution < -0.4 is 0 Å². The van der Waals surface area contributed by atoms with Gasteiger partial charge in [-0.1, -0.05) is 12.1 Å². The minimum Gasteiger partial charge on any atom is -0.282 e. The highest BCUT2D eigenvalue weighted by atomic mass is 32.2. The first kappa shape index (κ1) is 9.22. The van der Waals surface area contributed by atoms with Gasteiger partial charge in [0.1, 0.15) is 0 Å². The molecule has 0 aliphatic rings. The third kappa shape index (κ3) is 2.06. The van der Waals surface area contributed by atoms with Crippen molar-refractivity contribution in [1.29, 1.82) is 0 Å². The van der Waals surface area contributed by atoms with Gasteiger partial charge in [0.15, 0.2) is 0 Å². The molecule has 1 aromatic rings. The normalized spacial score (nSPS) is 11.5. The van der Waals surface area contributed by atoms with Crippen molar-refractivity contribution < 1.29 is 13.0 Å². The van der Waals surface area contributed by atoms with E-state index in [9.17, 15) is 8.42 Å². The molecule has 0 fully saturated rings. The predicted molar refractivity (Wildman–Crippen MR) is 45.3 cm³/mol.